The van der Waals surface area contributed by atoms with Crippen LogP contribution in [0.3, 0.4) is 0 Å². The lowest BCUT2D eigenvalue weighted by Crippen LogP contribution is -2.36. The maximum atomic E-state index is 5.80. The summed E-state index contributed by atoms with van der Waals surface area (Å²) in [6, 6.07) is 9.41. The maximum Gasteiger partial charge on any atom is 0.191 e. The Kier molecular flexibility index (Phi) is 10.1. The molecule has 2 aromatic rings. The van der Waals surface area contributed by atoms with E-state index >= 15 is 0 Å². The molecule has 0 saturated heterocycles. The zero-order chi connectivity index (χ0) is 18.1. The van der Waals surface area contributed by atoms with Crippen molar-refractivity contribution in [3.05, 3.63) is 52.8 Å². The first-order valence-electron chi connectivity index (χ1n) is 7.99. The summed E-state index contributed by atoms with van der Waals surface area (Å²) in [5.41, 5.74) is 2.01. The van der Waals surface area contributed by atoms with Crippen LogP contribution in [-0.2, 0) is 13.1 Å². The van der Waals surface area contributed by atoms with Gasteiger partial charge >= 0.3 is 0 Å². The zero-order valence-electron chi connectivity index (χ0n) is 15.1. The highest BCUT2D eigenvalue weighted by atomic mass is 127. The van der Waals surface area contributed by atoms with Crippen molar-refractivity contribution in [2.24, 2.45) is 4.99 Å². The van der Waals surface area contributed by atoms with Crippen LogP contribution in [0.15, 0.2) is 41.5 Å². The van der Waals surface area contributed by atoms with Gasteiger partial charge < -0.3 is 20.1 Å². The van der Waals surface area contributed by atoms with Crippen LogP contribution in [-0.4, -0.2) is 31.7 Å². The summed E-state index contributed by atoms with van der Waals surface area (Å²) in [5.74, 6) is 2.25. The van der Waals surface area contributed by atoms with Crippen molar-refractivity contribution in [1.29, 1.82) is 0 Å². The highest BCUT2D eigenvalue weighted by Gasteiger charge is 2.06. The van der Waals surface area contributed by atoms with Gasteiger partial charge in [-0.05, 0) is 30.7 Å². The average Bonchev–Trinajstić information content (AvgIpc) is 2.65. The Hall–Kier alpha value is -1.74. The minimum atomic E-state index is 0. The normalized spacial score (nSPS) is 10.7. The van der Waals surface area contributed by atoms with E-state index in [2.05, 4.69) is 20.6 Å². The van der Waals surface area contributed by atoms with Crippen LogP contribution in [0.2, 0.25) is 5.15 Å². The van der Waals surface area contributed by atoms with Crippen molar-refractivity contribution in [1.82, 2.24) is 15.6 Å². The van der Waals surface area contributed by atoms with Gasteiger partial charge in [0.15, 0.2) is 5.96 Å². The number of hydrogen-bond donors (Lipinski definition) is 2. The standard InChI is InChI=1S/C18H23ClN4O2.HI/c1-4-20-18(22-11-13-5-8-17(19)21-10-13)23-12-14-6-7-15(24-2)9-16(14)25-3;/h5-10H,4,11-12H2,1-3H3,(H2,20,22,23);1H. The van der Waals surface area contributed by atoms with Crippen LogP contribution in [0, 0.1) is 0 Å². The number of hydrogen-bond acceptors (Lipinski definition) is 4. The molecule has 0 saturated carbocycles. The van der Waals surface area contributed by atoms with Crippen molar-refractivity contribution in [3.63, 3.8) is 0 Å². The van der Waals surface area contributed by atoms with E-state index in [1.54, 1.807) is 26.5 Å². The van der Waals surface area contributed by atoms with Gasteiger partial charge in [0.25, 0.3) is 0 Å². The van der Waals surface area contributed by atoms with Gasteiger partial charge in [-0.25, -0.2) is 9.98 Å². The molecule has 6 nitrogen and oxygen atoms in total. The van der Waals surface area contributed by atoms with Gasteiger partial charge in [-0.3, -0.25) is 0 Å². The molecule has 1 aromatic heterocycles. The number of aliphatic imine (C=N–C) groups is 1. The lowest BCUT2D eigenvalue weighted by Gasteiger charge is -2.14. The van der Waals surface area contributed by atoms with E-state index in [0.717, 1.165) is 35.1 Å². The summed E-state index contributed by atoms with van der Waals surface area (Å²) < 4.78 is 10.6. The van der Waals surface area contributed by atoms with Crippen LogP contribution in [0.1, 0.15) is 18.1 Å². The third-order valence-corrected chi connectivity index (χ3v) is 3.72. The van der Waals surface area contributed by atoms with Crippen molar-refractivity contribution in [2.75, 3.05) is 20.8 Å². The largest absolute Gasteiger partial charge is 0.497 e. The quantitative estimate of drug-likeness (QED) is 0.269. The minimum absolute atomic E-state index is 0. The molecule has 26 heavy (non-hydrogen) atoms. The highest BCUT2D eigenvalue weighted by molar-refractivity contribution is 14.0. The monoisotopic (exact) mass is 490 g/mol. The number of nitrogens with zero attached hydrogens (tertiary/aromatic N) is 2. The van der Waals surface area contributed by atoms with E-state index in [4.69, 9.17) is 21.1 Å². The van der Waals surface area contributed by atoms with Crippen LogP contribution >= 0.6 is 35.6 Å². The first-order valence-corrected chi connectivity index (χ1v) is 8.37. The molecule has 0 spiro atoms. The smallest absolute Gasteiger partial charge is 0.191 e. The first kappa shape index (κ1) is 22.3. The van der Waals surface area contributed by atoms with Crippen LogP contribution in [0.5, 0.6) is 11.5 Å². The van der Waals surface area contributed by atoms with Gasteiger partial charge in [-0.15, -0.1) is 24.0 Å². The second kappa shape index (κ2) is 11.8. The number of ether oxygens (including phenoxy) is 2. The summed E-state index contributed by atoms with van der Waals surface area (Å²) in [4.78, 5) is 8.63. The van der Waals surface area contributed by atoms with E-state index in [9.17, 15) is 0 Å². The van der Waals surface area contributed by atoms with Crippen LogP contribution in [0.4, 0.5) is 0 Å². The topological polar surface area (TPSA) is 67.8 Å². The maximum absolute atomic E-state index is 5.80. The van der Waals surface area contributed by atoms with Gasteiger partial charge in [-0.1, -0.05) is 17.7 Å². The van der Waals surface area contributed by atoms with E-state index in [0.29, 0.717) is 18.2 Å². The van der Waals surface area contributed by atoms with E-state index in [1.165, 1.54) is 0 Å². The zero-order valence-corrected chi connectivity index (χ0v) is 18.2. The fourth-order valence-electron chi connectivity index (χ4n) is 2.19. The van der Waals surface area contributed by atoms with Crippen LogP contribution in [0.25, 0.3) is 0 Å². The number of halogens is 2. The molecule has 0 radical (unpaired) electrons. The number of nitrogens with one attached hydrogen (secondary N) is 2. The lowest BCUT2D eigenvalue weighted by atomic mass is 10.2. The third kappa shape index (κ3) is 6.87. The van der Waals surface area contributed by atoms with Gasteiger partial charge in [0, 0.05) is 30.9 Å². The fourth-order valence-corrected chi connectivity index (χ4v) is 2.30. The molecular formula is C18H24ClIN4O2. The summed E-state index contributed by atoms with van der Waals surface area (Å²) >= 11 is 5.80. The van der Waals surface area contributed by atoms with Crippen molar-refractivity contribution >= 4 is 41.5 Å². The molecule has 2 N–H and O–H groups in total. The van der Waals surface area contributed by atoms with Crippen molar-refractivity contribution < 1.29 is 9.47 Å². The molecule has 8 heteroatoms. The molecule has 2 rings (SSSR count). The van der Waals surface area contributed by atoms with Crippen molar-refractivity contribution in [3.8, 4) is 11.5 Å². The Morgan fingerprint density at radius 3 is 2.58 bits per heavy atom. The van der Waals surface area contributed by atoms with E-state index in [1.807, 2.05) is 31.2 Å². The Labute approximate surface area is 176 Å². The number of benzene rings is 1. The molecule has 0 aliphatic carbocycles. The Balaban J connectivity index is 0.00000338. The number of aromatic nitrogens is 1. The SMILES string of the molecule is CCNC(=NCc1ccc(Cl)nc1)NCc1ccc(OC)cc1OC.I. The summed E-state index contributed by atoms with van der Waals surface area (Å²) in [6.45, 7) is 3.89. The number of pyridine rings is 1. The number of rotatable bonds is 7. The minimum Gasteiger partial charge on any atom is -0.497 e. The van der Waals surface area contributed by atoms with E-state index < -0.39 is 0 Å². The van der Waals surface area contributed by atoms with Crippen molar-refractivity contribution in [2.45, 2.75) is 20.0 Å². The molecule has 0 bridgehead atoms. The predicted octanol–water partition coefficient (Wildman–Crippen LogP) is 3.63. The molecule has 0 amide bonds. The number of guanidine groups is 1. The predicted molar refractivity (Wildman–Crippen MR) is 116 cm³/mol. The molecule has 1 heterocycles. The molecule has 1 aromatic carbocycles. The Morgan fingerprint density at radius 2 is 1.96 bits per heavy atom. The molecule has 0 aliphatic heterocycles. The molecule has 142 valence electrons. The second-order valence-corrected chi connectivity index (χ2v) is 5.60. The summed E-state index contributed by atoms with van der Waals surface area (Å²) in [7, 11) is 3.28. The summed E-state index contributed by atoms with van der Waals surface area (Å²) in [5, 5.41) is 7.00. The first-order chi connectivity index (χ1) is 12.2. The van der Waals surface area contributed by atoms with Gasteiger partial charge in [-0.2, -0.15) is 0 Å². The third-order valence-electron chi connectivity index (χ3n) is 3.49. The molecule has 0 atom stereocenters. The Bertz CT molecular complexity index is 711. The fraction of sp³-hybridized carbons (Fsp3) is 0.333. The van der Waals surface area contributed by atoms with Crippen LogP contribution < -0.4 is 20.1 Å². The highest BCUT2D eigenvalue weighted by Crippen LogP contribution is 2.24. The molecule has 0 unspecified atom stereocenters. The molecule has 0 aliphatic rings. The Morgan fingerprint density at radius 1 is 1.15 bits per heavy atom. The number of methoxy groups -OCH3 is 2. The average molecular weight is 491 g/mol. The van der Waals surface area contributed by atoms with Gasteiger partial charge in [0.05, 0.1) is 20.8 Å². The van der Waals surface area contributed by atoms with Gasteiger partial charge in [0.1, 0.15) is 16.7 Å². The summed E-state index contributed by atoms with van der Waals surface area (Å²) in [6.07, 6.45) is 1.72. The lowest BCUT2D eigenvalue weighted by molar-refractivity contribution is 0.390. The van der Waals surface area contributed by atoms with Gasteiger partial charge in [0.2, 0.25) is 0 Å². The van der Waals surface area contributed by atoms with E-state index in [-0.39, 0.29) is 24.0 Å². The second-order valence-electron chi connectivity index (χ2n) is 5.22. The molecule has 0 fully saturated rings. The molecular weight excluding hydrogens is 467 g/mol.